The average molecular weight is 391 g/mol. The molecule has 27 heavy (non-hydrogen) atoms. The number of rotatable bonds is 5. The molecule has 0 bridgehead atoms. The molecule has 7 nitrogen and oxygen atoms in total. The minimum atomic E-state index is -0.748. The van der Waals surface area contributed by atoms with E-state index >= 15 is 0 Å². The summed E-state index contributed by atoms with van der Waals surface area (Å²) in [6, 6.07) is 8.83. The first-order valence-electron chi connectivity index (χ1n) is 8.16. The highest BCUT2D eigenvalue weighted by Crippen LogP contribution is 2.13. The monoisotopic (exact) mass is 390 g/mol. The molecule has 3 amide bonds. The molecule has 0 atom stereocenters. The molecule has 0 spiro atoms. The first-order valence-corrected chi connectivity index (χ1v) is 8.54. The van der Waals surface area contributed by atoms with Crippen LogP contribution >= 0.6 is 11.6 Å². The summed E-state index contributed by atoms with van der Waals surface area (Å²) in [5, 5.41) is 2.98. The number of carbonyl (C=O) groups is 3. The standard InChI is InChI=1S/C18H16ClFN4O3/c19-13-3-6-15(21-9-13)22-16(25)11-24-8-7-23(17(26)18(24)27)10-12-1-4-14(20)5-2-12/h1-6,9H,7-8,10-11H2,(H,21,22,25). The number of aromatic nitrogens is 1. The summed E-state index contributed by atoms with van der Waals surface area (Å²) in [6.45, 7) is 0.473. The van der Waals surface area contributed by atoms with Crippen molar-refractivity contribution in [1.82, 2.24) is 14.8 Å². The van der Waals surface area contributed by atoms with Gasteiger partial charge in [0.2, 0.25) is 5.91 Å². The van der Waals surface area contributed by atoms with Gasteiger partial charge in [0.05, 0.1) is 5.02 Å². The van der Waals surface area contributed by atoms with Gasteiger partial charge < -0.3 is 15.1 Å². The quantitative estimate of drug-likeness (QED) is 0.787. The second-order valence-electron chi connectivity index (χ2n) is 5.99. The van der Waals surface area contributed by atoms with Crippen LogP contribution in [0.4, 0.5) is 10.2 Å². The fourth-order valence-corrected chi connectivity index (χ4v) is 2.74. The van der Waals surface area contributed by atoms with E-state index in [1.54, 1.807) is 18.2 Å². The minimum absolute atomic E-state index is 0.208. The molecule has 9 heteroatoms. The molecule has 1 saturated heterocycles. The number of piperazine rings is 1. The third-order valence-corrected chi connectivity index (χ3v) is 4.24. The number of nitrogens with zero attached hydrogens (tertiary/aromatic N) is 3. The molecular formula is C18H16ClFN4O3. The first kappa shape index (κ1) is 18.8. The lowest BCUT2D eigenvalue weighted by molar-refractivity contribution is -0.157. The molecular weight excluding hydrogens is 375 g/mol. The number of halogens is 2. The van der Waals surface area contributed by atoms with Crippen LogP contribution in [0.3, 0.4) is 0 Å². The van der Waals surface area contributed by atoms with Gasteiger partial charge in [-0.2, -0.15) is 0 Å². The normalized spacial score (nSPS) is 14.4. The molecule has 1 aliphatic rings. The average Bonchev–Trinajstić information content (AvgIpc) is 2.65. The van der Waals surface area contributed by atoms with E-state index in [-0.39, 0.29) is 32.0 Å². The van der Waals surface area contributed by atoms with Gasteiger partial charge in [0, 0.05) is 25.8 Å². The Morgan fingerprint density at radius 1 is 1.07 bits per heavy atom. The Labute approximate surface area is 159 Å². The van der Waals surface area contributed by atoms with Crippen LogP contribution in [0.15, 0.2) is 42.6 Å². The van der Waals surface area contributed by atoms with Crippen LogP contribution in [0.2, 0.25) is 5.02 Å². The fraction of sp³-hybridized carbons (Fsp3) is 0.222. The van der Waals surface area contributed by atoms with Gasteiger partial charge in [0.15, 0.2) is 0 Å². The van der Waals surface area contributed by atoms with Crippen molar-refractivity contribution >= 4 is 35.1 Å². The van der Waals surface area contributed by atoms with Crippen molar-refractivity contribution in [2.24, 2.45) is 0 Å². The minimum Gasteiger partial charge on any atom is -0.328 e. The summed E-state index contributed by atoms with van der Waals surface area (Å²) >= 11 is 5.73. The molecule has 1 fully saturated rings. The molecule has 0 radical (unpaired) electrons. The van der Waals surface area contributed by atoms with Gasteiger partial charge in [-0.15, -0.1) is 0 Å². The number of hydrogen-bond acceptors (Lipinski definition) is 4. The number of hydrogen-bond donors (Lipinski definition) is 1. The summed E-state index contributed by atoms with van der Waals surface area (Å²) in [6.07, 6.45) is 1.39. The van der Waals surface area contributed by atoms with E-state index in [2.05, 4.69) is 10.3 Å². The third-order valence-electron chi connectivity index (χ3n) is 4.01. The number of nitrogens with one attached hydrogen (secondary N) is 1. The Kier molecular flexibility index (Phi) is 5.66. The Hall–Kier alpha value is -3.00. The highest BCUT2D eigenvalue weighted by Gasteiger charge is 2.33. The molecule has 0 unspecified atom stereocenters. The molecule has 2 heterocycles. The van der Waals surface area contributed by atoms with Crippen molar-refractivity contribution in [1.29, 1.82) is 0 Å². The second kappa shape index (κ2) is 8.13. The predicted molar refractivity (Wildman–Crippen MR) is 96.3 cm³/mol. The number of amides is 3. The van der Waals surface area contributed by atoms with Crippen LogP contribution in [-0.2, 0) is 20.9 Å². The van der Waals surface area contributed by atoms with Crippen LogP contribution in [-0.4, -0.2) is 52.1 Å². The molecule has 1 aromatic carbocycles. The zero-order chi connectivity index (χ0) is 19.4. The maximum Gasteiger partial charge on any atom is 0.312 e. The van der Waals surface area contributed by atoms with E-state index < -0.39 is 17.7 Å². The molecule has 1 aromatic heterocycles. The van der Waals surface area contributed by atoms with Crippen LogP contribution in [0.25, 0.3) is 0 Å². The highest BCUT2D eigenvalue weighted by atomic mass is 35.5. The van der Waals surface area contributed by atoms with Crippen molar-refractivity contribution in [2.45, 2.75) is 6.54 Å². The van der Waals surface area contributed by atoms with E-state index in [9.17, 15) is 18.8 Å². The Morgan fingerprint density at radius 2 is 1.74 bits per heavy atom. The van der Waals surface area contributed by atoms with Crippen LogP contribution in [0.1, 0.15) is 5.56 Å². The lowest BCUT2D eigenvalue weighted by Gasteiger charge is -2.33. The predicted octanol–water partition coefficient (Wildman–Crippen LogP) is 1.68. The van der Waals surface area contributed by atoms with Crippen LogP contribution in [0.5, 0.6) is 0 Å². The third kappa shape index (κ3) is 4.79. The first-order chi connectivity index (χ1) is 12.9. The molecule has 0 aliphatic carbocycles. The topological polar surface area (TPSA) is 82.6 Å². The molecule has 2 aromatic rings. The van der Waals surface area contributed by atoms with Crippen molar-refractivity contribution < 1.29 is 18.8 Å². The number of carbonyl (C=O) groups excluding carboxylic acids is 3. The molecule has 0 saturated carbocycles. The number of benzene rings is 1. The Bertz CT molecular complexity index is 858. The van der Waals surface area contributed by atoms with Gasteiger partial charge in [-0.25, -0.2) is 9.37 Å². The summed E-state index contributed by atoms with van der Waals surface area (Å²) < 4.78 is 13.0. The largest absolute Gasteiger partial charge is 0.328 e. The SMILES string of the molecule is O=C(CN1CCN(Cc2ccc(F)cc2)C(=O)C1=O)Nc1ccc(Cl)cn1. The molecule has 1 aliphatic heterocycles. The van der Waals surface area contributed by atoms with E-state index in [0.717, 1.165) is 5.56 Å². The van der Waals surface area contributed by atoms with Crippen molar-refractivity contribution in [3.05, 3.63) is 59.0 Å². The maximum atomic E-state index is 13.0. The molecule has 3 rings (SSSR count). The number of pyridine rings is 1. The Morgan fingerprint density at radius 3 is 2.41 bits per heavy atom. The van der Waals surface area contributed by atoms with Gasteiger partial charge in [0.1, 0.15) is 18.2 Å². The lowest BCUT2D eigenvalue weighted by atomic mass is 10.2. The van der Waals surface area contributed by atoms with Gasteiger partial charge in [-0.05, 0) is 29.8 Å². The summed E-state index contributed by atoms with van der Waals surface area (Å²) in [4.78, 5) is 43.2. The smallest absolute Gasteiger partial charge is 0.312 e. The van der Waals surface area contributed by atoms with E-state index in [1.807, 2.05) is 0 Å². The van der Waals surface area contributed by atoms with Crippen LogP contribution < -0.4 is 5.32 Å². The Balaban J connectivity index is 1.55. The molecule has 1 N–H and O–H groups in total. The van der Waals surface area contributed by atoms with Crippen molar-refractivity contribution in [2.75, 3.05) is 25.0 Å². The summed E-state index contributed by atoms with van der Waals surface area (Å²) in [5.41, 5.74) is 0.720. The second-order valence-corrected chi connectivity index (χ2v) is 6.43. The zero-order valence-corrected chi connectivity index (χ0v) is 14.9. The number of anilines is 1. The van der Waals surface area contributed by atoms with Gasteiger partial charge >= 0.3 is 11.8 Å². The summed E-state index contributed by atoms with van der Waals surface area (Å²) in [5.74, 6) is -1.96. The van der Waals surface area contributed by atoms with E-state index in [4.69, 9.17) is 11.6 Å². The van der Waals surface area contributed by atoms with E-state index in [0.29, 0.717) is 10.8 Å². The van der Waals surface area contributed by atoms with Gasteiger partial charge in [0.25, 0.3) is 0 Å². The lowest BCUT2D eigenvalue weighted by Crippen LogP contribution is -2.55. The zero-order valence-electron chi connectivity index (χ0n) is 14.2. The maximum absolute atomic E-state index is 13.0. The van der Waals surface area contributed by atoms with Gasteiger partial charge in [-0.3, -0.25) is 14.4 Å². The van der Waals surface area contributed by atoms with Gasteiger partial charge in [-0.1, -0.05) is 23.7 Å². The highest BCUT2D eigenvalue weighted by molar-refractivity contribution is 6.35. The fourth-order valence-electron chi connectivity index (χ4n) is 2.63. The van der Waals surface area contributed by atoms with E-state index in [1.165, 1.54) is 34.2 Å². The van der Waals surface area contributed by atoms with Crippen LogP contribution in [0, 0.1) is 5.82 Å². The summed E-state index contributed by atoms with van der Waals surface area (Å²) in [7, 11) is 0. The molecule has 140 valence electrons. The van der Waals surface area contributed by atoms with Crippen molar-refractivity contribution in [3.63, 3.8) is 0 Å². The van der Waals surface area contributed by atoms with Crippen molar-refractivity contribution in [3.8, 4) is 0 Å².